The summed E-state index contributed by atoms with van der Waals surface area (Å²) in [6.07, 6.45) is 5.80. The van der Waals surface area contributed by atoms with Crippen molar-refractivity contribution in [2.45, 2.75) is 31.7 Å². The highest BCUT2D eigenvalue weighted by Gasteiger charge is 2.29. The van der Waals surface area contributed by atoms with Crippen molar-refractivity contribution in [2.24, 2.45) is 0 Å². The zero-order valence-corrected chi connectivity index (χ0v) is 14.1. The Morgan fingerprint density at radius 3 is 2.68 bits per heavy atom. The second-order valence-corrected chi connectivity index (χ2v) is 6.46. The molecule has 1 fully saturated rings. The lowest BCUT2D eigenvalue weighted by molar-refractivity contribution is 0.0932. The Kier molecular flexibility index (Phi) is 4.06. The van der Waals surface area contributed by atoms with Gasteiger partial charge in [0.1, 0.15) is 5.69 Å². The van der Waals surface area contributed by atoms with E-state index in [0.717, 1.165) is 29.8 Å². The first-order chi connectivity index (χ1) is 12.2. The highest BCUT2D eigenvalue weighted by atomic mass is 16.2. The van der Waals surface area contributed by atoms with E-state index in [0.29, 0.717) is 11.6 Å². The van der Waals surface area contributed by atoms with E-state index in [1.807, 2.05) is 55.5 Å². The summed E-state index contributed by atoms with van der Waals surface area (Å²) in [5.41, 5.74) is 3.45. The molecular weight excluding hydrogens is 312 g/mol. The smallest absolute Gasteiger partial charge is 0.270 e. The summed E-state index contributed by atoms with van der Waals surface area (Å²) in [5.74, 6) is 0.367. The van der Waals surface area contributed by atoms with Crippen LogP contribution >= 0.6 is 0 Å². The van der Waals surface area contributed by atoms with Gasteiger partial charge in [-0.2, -0.15) is 5.10 Å². The normalized spacial score (nSPS) is 14.9. The van der Waals surface area contributed by atoms with Crippen LogP contribution in [0.4, 0.5) is 0 Å². The molecule has 4 rings (SSSR count). The number of carbonyl (C=O) groups excluding carboxylic acids is 1. The van der Waals surface area contributed by atoms with Gasteiger partial charge in [-0.3, -0.25) is 9.78 Å². The number of hydrogen-bond donors (Lipinski definition) is 1. The zero-order chi connectivity index (χ0) is 17.2. The van der Waals surface area contributed by atoms with Crippen molar-refractivity contribution in [3.8, 4) is 5.69 Å². The van der Waals surface area contributed by atoms with E-state index in [4.69, 9.17) is 0 Å². The van der Waals surface area contributed by atoms with Crippen molar-refractivity contribution >= 4 is 5.91 Å². The first-order valence-electron chi connectivity index (χ1n) is 8.58. The van der Waals surface area contributed by atoms with Crippen molar-refractivity contribution in [2.75, 3.05) is 0 Å². The number of pyridine rings is 1. The van der Waals surface area contributed by atoms with Crippen LogP contribution in [0.1, 0.15) is 53.5 Å². The van der Waals surface area contributed by atoms with Crippen LogP contribution in [0.2, 0.25) is 0 Å². The van der Waals surface area contributed by atoms with Crippen molar-refractivity contribution < 1.29 is 4.79 Å². The summed E-state index contributed by atoms with van der Waals surface area (Å²) >= 11 is 0. The molecule has 3 aromatic rings. The number of benzene rings is 1. The lowest BCUT2D eigenvalue weighted by Gasteiger charge is -2.14. The maximum absolute atomic E-state index is 12.9. The molecule has 0 radical (unpaired) electrons. The fourth-order valence-electron chi connectivity index (χ4n) is 2.89. The molecule has 1 aliphatic rings. The Labute approximate surface area is 146 Å². The minimum atomic E-state index is -0.125. The van der Waals surface area contributed by atoms with Crippen molar-refractivity contribution in [1.82, 2.24) is 20.1 Å². The molecule has 1 saturated carbocycles. The molecule has 25 heavy (non-hydrogen) atoms. The first kappa shape index (κ1) is 15.6. The highest BCUT2D eigenvalue weighted by molar-refractivity contribution is 5.93. The predicted octanol–water partition coefficient (Wildman–Crippen LogP) is 3.64. The van der Waals surface area contributed by atoms with Gasteiger partial charge in [-0.1, -0.05) is 24.3 Å². The summed E-state index contributed by atoms with van der Waals surface area (Å²) in [6, 6.07) is 15.4. The van der Waals surface area contributed by atoms with E-state index in [9.17, 15) is 4.79 Å². The Bertz CT molecular complexity index is 869. The molecule has 2 aromatic heterocycles. The van der Waals surface area contributed by atoms with E-state index in [-0.39, 0.29) is 11.9 Å². The molecule has 0 saturated heterocycles. The largest absolute Gasteiger partial charge is 0.344 e. The molecule has 5 nitrogen and oxygen atoms in total. The molecule has 1 aromatic carbocycles. The van der Waals surface area contributed by atoms with Crippen LogP contribution in [-0.4, -0.2) is 20.7 Å². The summed E-state index contributed by atoms with van der Waals surface area (Å²) < 4.78 is 1.75. The van der Waals surface area contributed by atoms with Crippen LogP contribution in [0, 0.1) is 0 Å². The van der Waals surface area contributed by atoms with Crippen molar-refractivity contribution in [3.63, 3.8) is 0 Å². The van der Waals surface area contributed by atoms with Crippen molar-refractivity contribution in [1.29, 1.82) is 0 Å². The fraction of sp³-hybridized carbons (Fsp3) is 0.250. The number of carbonyl (C=O) groups is 1. The van der Waals surface area contributed by atoms with Gasteiger partial charge < -0.3 is 5.32 Å². The minimum Gasteiger partial charge on any atom is -0.344 e. The summed E-state index contributed by atoms with van der Waals surface area (Å²) in [5, 5.41) is 7.74. The number of hydrogen-bond acceptors (Lipinski definition) is 3. The maximum atomic E-state index is 12.9. The molecule has 2 heterocycles. The molecule has 1 atom stereocenters. The Balaban J connectivity index is 1.63. The summed E-state index contributed by atoms with van der Waals surface area (Å²) in [6.45, 7) is 1.96. The lowest BCUT2D eigenvalue weighted by Crippen LogP contribution is -2.28. The molecule has 0 unspecified atom stereocenters. The second kappa shape index (κ2) is 6.51. The monoisotopic (exact) mass is 332 g/mol. The van der Waals surface area contributed by atoms with Gasteiger partial charge in [0.25, 0.3) is 5.91 Å². The molecule has 1 N–H and O–H groups in total. The van der Waals surface area contributed by atoms with Gasteiger partial charge >= 0.3 is 0 Å². The number of nitrogens with zero attached hydrogens (tertiary/aromatic N) is 3. The van der Waals surface area contributed by atoms with Crippen LogP contribution in [0.5, 0.6) is 0 Å². The van der Waals surface area contributed by atoms with Gasteiger partial charge in [0.15, 0.2) is 0 Å². The lowest BCUT2D eigenvalue weighted by atomic mass is 10.1. The quantitative estimate of drug-likeness (QED) is 0.776. The van der Waals surface area contributed by atoms with Crippen molar-refractivity contribution in [3.05, 3.63) is 77.9 Å². The average Bonchev–Trinajstić information content (AvgIpc) is 3.41. The number of para-hydroxylation sites is 1. The van der Waals surface area contributed by atoms with Crippen LogP contribution in [0.25, 0.3) is 5.69 Å². The number of amides is 1. The molecule has 126 valence electrons. The van der Waals surface area contributed by atoms with Crippen LogP contribution in [0.15, 0.2) is 60.9 Å². The fourth-order valence-corrected chi connectivity index (χ4v) is 2.89. The van der Waals surface area contributed by atoms with E-state index >= 15 is 0 Å². The summed E-state index contributed by atoms with van der Waals surface area (Å²) in [7, 11) is 0. The molecular formula is C20H20N4O. The Morgan fingerprint density at radius 2 is 2.00 bits per heavy atom. The average molecular weight is 332 g/mol. The number of nitrogens with one attached hydrogen (secondary N) is 1. The molecule has 0 bridgehead atoms. The third kappa shape index (κ3) is 3.31. The van der Waals surface area contributed by atoms with Crippen LogP contribution < -0.4 is 5.32 Å². The van der Waals surface area contributed by atoms with E-state index < -0.39 is 0 Å². The SMILES string of the molecule is C[C@H](NC(=O)c1cc(C2CC2)nn1-c1ccccc1)c1cccnc1. The Hall–Kier alpha value is -2.95. The molecule has 5 heteroatoms. The van der Waals surface area contributed by atoms with Crippen LogP contribution in [-0.2, 0) is 0 Å². The topological polar surface area (TPSA) is 59.8 Å². The van der Waals surface area contributed by atoms with Gasteiger partial charge in [0.2, 0.25) is 0 Å². The van der Waals surface area contributed by atoms with Gasteiger partial charge in [0.05, 0.1) is 17.4 Å². The highest BCUT2D eigenvalue weighted by Crippen LogP contribution is 2.39. The third-order valence-electron chi connectivity index (χ3n) is 4.49. The van der Waals surface area contributed by atoms with Gasteiger partial charge in [-0.25, -0.2) is 4.68 Å². The van der Waals surface area contributed by atoms with Crippen LogP contribution in [0.3, 0.4) is 0 Å². The maximum Gasteiger partial charge on any atom is 0.270 e. The van der Waals surface area contributed by atoms with Gasteiger partial charge in [-0.05, 0) is 49.6 Å². The Morgan fingerprint density at radius 1 is 1.20 bits per heavy atom. The zero-order valence-electron chi connectivity index (χ0n) is 14.1. The third-order valence-corrected chi connectivity index (χ3v) is 4.49. The molecule has 0 aliphatic heterocycles. The predicted molar refractivity (Wildman–Crippen MR) is 95.7 cm³/mol. The van der Waals surface area contributed by atoms with E-state index in [1.54, 1.807) is 17.1 Å². The van der Waals surface area contributed by atoms with Gasteiger partial charge in [-0.15, -0.1) is 0 Å². The van der Waals surface area contributed by atoms with E-state index in [2.05, 4.69) is 15.4 Å². The standard InChI is InChI=1S/C20H20N4O/c1-14(16-6-5-11-21-13-16)22-20(25)19-12-18(15-9-10-15)23-24(19)17-7-3-2-4-8-17/h2-8,11-15H,9-10H2,1H3,(H,22,25)/t14-/m0/s1. The summed E-state index contributed by atoms with van der Waals surface area (Å²) in [4.78, 5) is 17.0. The molecule has 1 aliphatic carbocycles. The minimum absolute atomic E-state index is 0.121. The van der Waals surface area contributed by atoms with Gasteiger partial charge in [0, 0.05) is 18.3 Å². The second-order valence-electron chi connectivity index (χ2n) is 6.46. The number of rotatable bonds is 5. The number of aromatic nitrogens is 3. The molecule has 0 spiro atoms. The first-order valence-corrected chi connectivity index (χ1v) is 8.58. The van der Waals surface area contributed by atoms with E-state index in [1.165, 1.54) is 0 Å². The molecule has 1 amide bonds.